The smallest absolute Gasteiger partial charge is 0.462 e. The molecule has 0 aliphatic heterocycles. The van der Waals surface area contributed by atoms with Crippen LogP contribution >= 0.6 is 15.6 Å². The van der Waals surface area contributed by atoms with E-state index in [0.29, 0.717) is 31.6 Å². The third-order valence-electron chi connectivity index (χ3n) is 17.2. The highest BCUT2D eigenvalue weighted by Gasteiger charge is 2.30. The molecule has 0 rings (SSSR count). The summed E-state index contributed by atoms with van der Waals surface area (Å²) >= 11 is 0. The summed E-state index contributed by atoms with van der Waals surface area (Å²) in [6.07, 6.45) is 46.2. The van der Waals surface area contributed by atoms with Gasteiger partial charge in [0.15, 0.2) is 12.2 Å². The first-order valence-electron chi connectivity index (χ1n) is 37.7. The second-order valence-corrected chi connectivity index (χ2v) is 30.9. The molecule has 3 N–H and O–H groups in total. The molecule has 0 heterocycles. The van der Waals surface area contributed by atoms with Gasteiger partial charge in [-0.1, -0.05) is 312 Å². The molecule has 0 radical (unpaired) electrons. The van der Waals surface area contributed by atoms with E-state index in [1.165, 1.54) is 161 Å². The summed E-state index contributed by atoms with van der Waals surface area (Å²) in [5.41, 5.74) is 0. The van der Waals surface area contributed by atoms with Gasteiger partial charge in [-0.3, -0.25) is 37.3 Å². The largest absolute Gasteiger partial charge is 0.472 e. The fraction of sp³-hybridized carbons (Fsp3) is 0.945. The Balaban J connectivity index is 5.12. The van der Waals surface area contributed by atoms with Crippen molar-refractivity contribution in [1.82, 2.24) is 0 Å². The van der Waals surface area contributed by atoms with E-state index in [2.05, 4.69) is 55.4 Å². The van der Waals surface area contributed by atoms with Crippen molar-refractivity contribution >= 4 is 39.5 Å². The van der Waals surface area contributed by atoms with Crippen LogP contribution in [0.25, 0.3) is 0 Å². The van der Waals surface area contributed by atoms with E-state index in [-0.39, 0.29) is 25.7 Å². The first kappa shape index (κ1) is 90.1. The Bertz CT molecular complexity index is 1820. The van der Waals surface area contributed by atoms with Gasteiger partial charge in [0.2, 0.25) is 0 Å². The molecule has 0 aromatic carbocycles. The highest BCUT2D eigenvalue weighted by molar-refractivity contribution is 7.47. The number of hydrogen-bond donors (Lipinski definition) is 3. The van der Waals surface area contributed by atoms with Gasteiger partial charge in [0.1, 0.15) is 19.3 Å². The number of unbranched alkanes of at least 4 members (excludes halogenated alkanes) is 35. The molecule has 0 aliphatic rings. The first-order chi connectivity index (χ1) is 44.1. The van der Waals surface area contributed by atoms with Gasteiger partial charge in [0.25, 0.3) is 0 Å². The number of phosphoric acid groups is 2. The van der Waals surface area contributed by atoms with E-state index in [9.17, 15) is 43.2 Å². The van der Waals surface area contributed by atoms with E-state index < -0.39 is 97.5 Å². The summed E-state index contributed by atoms with van der Waals surface area (Å²) in [6.45, 7) is 14.0. The summed E-state index contributed by atoms with van der Waals surface area (Å²) < 4.78 is 68.3. The molecule has 19 heteroatoms. The van der Waals surface area contributed by atoms with Crippen LogP contribution in [0.15, 0.2) is 0 Å². The van der Waals surface area contributed by atoms with Crippen molar-refractivity contribution in [3.8, 4) is 0 Å². The molecule has 0 aliphatic carbocycles. The summed E-state index contributed by atoms with van der Waals surface area (Å²) in [5.74, 6) is 0.827. The van der Waals surface area contributed by atoms with Gasteiger partial charge in [0.05, 0.1) is 26.4 Å². The lowest BCUT2D eigenvalue weighted by molar-refractivity contribution is -0.161. The van der Waals surface area contributed by atoms with Crippen LogP contribution in [0, 0.1) is 23.7 Å². The van der Waals surface area contributed by atoms with Crippen LogP contribution in [0.5, 0.6) is 0 Å². The molecule has 0 fully saturated rings. The molecule has 546 valence electrons. The summed E-state index contributed by atoms with van der Waals surface area (Å²) in [4.78, 5) is 72.5. The van der Waals surface area contributed by atoms with E-state index in [4.69, 9.17) is 37.0 Å². The predicted octanol–water partition coefficient (Wildman–Crippen LogP) is 20.9. The van der Waals surface area contributed by atoms with Crippen LogP contribution in [0.4, 0.5) is 0 Å². The predicted molar refractivity (Wildman–Crippen MR) is 372 cm³/mol. The topological polar surface area (TPSA) is 237 Å². The Morgan fingerprint density at radius 2 is 0.522 bits per heavy atom. The van der Waals surface area contributed by atoms with E-state index in [1.807, 2.05) is 0 Å². The summed E-state index contributed by atoms with van der Waals surface area (Å²) in [6, 6.07) is 0. The van der Waals surface area contributed by atoms with E-state index >= 15 is 0 Å². The number of carbonyl (C=O) groups is 4. The Morgan fingerprint density at radius 3 is 0.772 bits per heavy atom. The zero-order chi connectivity index (χ0) is 68.2. The number of hydrogen-bond acceptors (Lipinski definition) is 15. The maximum Gasteiger partial charge on any atom is 0.472 e. The molecular weight excluding hydrogens is 1210 g/mol. The summed E-state index contributed by atoms with van der Waals surface area (Å²) in [5, 5.41) is 10.6. The van der Waals surface area contributed by atoms with Crippen molar-refractivity contribution in [2.24, 2.45) is 23.7 Å². The highest BCUT2D eigenvalue weighted by atomic mass is 31.2. The number of carbonyl (C=O) groups excluding carboxylic acids is 4. The third-order valence-corrected chi connectivity index (χ3v) is 19.1. The molecule has 6 atom stereocenters. The number of aliphatic hydroxyl groups excluding tert-OH is 1. The normalized spacial score (nSPS) is 14.5. The maximum atomic E-state index is 13.0. The van der Waals surface area contributed by atoms with Crippen LogP contribution in [-0.4, -0.2) is 96.7 Å². The maximum absolute atomic E-state index is 13.0. The molecule has 0 saturated carbocycles. The van der Waals surface area contributed by atoms with Crippen molar-refractivity contribution in [2.45, 2.75) is 382 Å². The first-order valence-corrected chi connectivity index (χ1v) is 40.7. The highest BCUT2D eigenvalue weighted by Crippen LogP contribution is 2.45. The Morgan fingerprint density at radius 1 is 0.304 bits per heavy atom. The van der Waals surface area contributed by atoms with Crippen molar-refractivity contribution in [3.63, 3.8) is 0 Å². The molecule has 0 bridgehead atoms. The van der Waals surface area contributed by atoms with Gasteiger partial charge in [-0.15, -0.1) is 0 Å². The van der Waals surface area contributed by atoms with Crippen LogP contribution in [-0.2, 0) is 65.4 Å². The third kappa shape index (κ3) is 65.4. The Hall–Kier alpha value is -1.94. The monoisotopic (exact) mass is 1350 g/mol. The molecule has 3 unspecified atom stereocenters. The SMILES string of the molecule is CCC(C)CCCCCCCCC(=O)OC[C@H](COP(=O)(O)OC[C@H](O)COP(=O)(O)OC[C@@H](COC(=O)CCCCCCCCCCCCCCCCCCCCC(C)C)OC(=O)CCCCCCCCC(C)C)OC(=O)CCCCCCCCCCCC(C)C. The van der Waals surface area contributed by atoms with Crippen LogP contribution < -0.4 is 0 Å². The quantitative estimate of drug-likeness (QED) is 0.0222. The molecule has 0 aromatic rings. The summed E-state index contributed by atoms with van der Waals surface area (Å²) in [7, 11) is -9.90. The molecule has 0 aromatic heterocycles. The fourth-order valence-electron chi connectivity index (χ4n) is 11.0. The number of phosphoric ester groups is 2. The average molecular weight is 1350 g/mol. The lowest BCUT2D eigenvalue weighted by Crippen LogP contribution is -2.30. The van der Waals surface area contributed by atoms with Gasteiger partial charge >= 0.3 is 39.5 Å². The molecule has 92 heavy (non-hydrogen) atoms. The van der Waals surface area contributed by atoms with Gasteiger partial charge < -0.3 is 33.8 Å². The van der Waals surface area contributed by atoms with Gasteiger partial charge in [-0.25, -0.2) is 9.13 Å². The average Bonchev–Trinajstić information content (AvgIpc) is 3.67. The minimum atomic E-state index is -4.95. The molecule has 17 nitrogen and oxygen atoms in total. The zero-order valence-electron chi connectivity index (χ0n) is 60.2. The lowest BCUT2D eigenvalue weighted by Gasteiger charge is -2.21. The van der Waals surface area contributed by atoms with Crippen molar-refractivity contribution in [3.05, 3.63) is 0 Å². The molecule has 0 amide bonds. The van der Waals surface area contributed by atoms with Crippen LogP contribution in [0.2, 0.25) is 0 Å². The van der Waals surface area contributed by atoms with E-state index in [0.717, 1.165) is 114 Å². The molecule has 0 saturated heterocycles. The van der Waals surface area contributed by atoms with Gasteiger partial charge in [-0.05, 0) is 49.4 Å². The van der Waals surface area contributed by atoms with Gasteiger partial charge in [0, 0.05) is 25.7 Å². The van der Waals surface area contributed by atoms with Crippen LogP contribution in [0.3, 0.4) is 0 Å². The fourth-order valence-corrected chi connectivity index (χ4v) is 12.6. The van der Waals surface area contributed by atoms with Gasteiger partial charge in [-0.2, -0.15) is 0 Å². The zero-order valence-corrected chi connectivity index (χ0v) is 62.0. The van der Waals surface area contributed by atoms with Crippen molar-refractivity contribution in [1.29, 1.82) is 0 Å². The van der Waals surface area contributed by atoms with E-state index in [1.54, 1.807) is 0 Å². The molecule has 0 spiro atoms. The second kappa shape index (κ2) is 62.6. The number of esters is 4. The number of aliphatic hydroxyl groups is 1. The van der Waals surface area contributed by atoms with Crippen molar-refractivity contribution < 1.29 is 80.2 Å². The number of ether oxygens (including phenoxy) is 4. The molecular formula is C73H142O17P2. The van der Waals surface area contributed by atoms with Crippen LogP contribution in [0.1, 0.15) is 364 Å². The number of rotatable bonds is 70. The minimum Gasteiger partial charge on any atom is -0.462 e. The van der Waals surface area contributed by atoms with Crippen molar-refractivity contribution in [2.75, 3.05) is 39.6 Å². The lowest BCUT2D eigenvalue weighted by atomic mass is 10.00. The Kier molecular flexibility index (Phi) is 61.3. The second-order valence-electron chi connectivity index (χ2n) is 28.0. The minimum absolute atomic E-state index is 0.102. The Labute approximate surface area is 562 Å². The standard InChI is InChI=1S/C73H142O17P2/c1-9-66(8)52-44-36-30-32-38-46-54-71(76)84-60-68(89-72(77)55-47-39-28-24-20-22-26-34-42-50-64(4)5)61-87-91(79,80)85-57-67(74)58-86-92(81,82)88-62-69(90-73(78)56-48-40-31-29-35-43-51-65(6)7)59-83-70(75)53-45-37-27-23-19-17-15-13-11-10-12-14-16-18-21-25-33-41-49-63(2)3/h63-69,74H,9-62H2,1-8H3,(H,79,80)(H,81,82)/t66?,67-,68+,69+/m0/s1.